The molecule has 0 aromatic heterocycles. The highest BCUT2D eigenvalue weighted by Gasteiger charge is 2.23. The van der Waals surface area contributed by atoms with Gasteiger partial charge >= 0.3 is 0 Å². The molecular weight excluding hydrogens is 304 g/mol. The van der Waals surface area contributed by atoms with Crippen LogP contribution in [-0.4, -0.2) is 6.10 Å². The molecule has 0 bridgehead atoms. The van der Waals surface area contributed by atoms with Crippen LogP contribution in [0.15, 0.2) is 24.3 Å². The molecule has 3 rings (SSSR count). The first kappa shape index (κ1) is 18.8. The summed E-state index contributed by atoms with van der Waals surface area (Å²) in [4.78, 5) is 0. The predicted molar refractivity (Wildman–Crippen MR) is 107 cm³/mol. The lowest BCUT2D eigenvalue weighted by atomic mass is 9.82. The fourth-order valence-electron chi connectivity index (χ4n) is 4.96. The Labute approximate surface area is 155 Å². The summed E-state index contributed by atoms with van der Waals surface area (Å²) >= 11 is 0. The average molecular weight is 343 g/mol. The second kappa shape index (κ2) is 9.64. The molecule has 2 fully saturated rings. The van der Waals surface area contributed by atoms with E-state index in [0.717, 1.165) is 17.6 Å². The second-order valence-corrected chi connectivity index (χ2v) is 8.91. The number of para-hydroxylation sites is 1. The lowest BCUT2D eigenvalue weighted by molar-refractivity contribution is 0.101. The Kier molecular flexibility index (Phi) is 7.25. The molecular formula is C24H38O. The van der Waals surface area contributed by atoms with Crippen LogP contribution in [0.4, 0.5) is 0 Å². The van der Waals surface area contributed by atoms with Gasteiger partial charge in [0, 0.05) is 0 Å². The molecule has 0 spiro atoms. The standard InChI is InChI=1S/C24H38O/c1-19(18-21-11-4-3-5-12-21)16-17-22-13-7-9-15-24(22)25-23-14-8-6-10-20(23)2/h7,9,13,15,19-21,23H,3-6,8,10-12,14,16-18H2,1-2H3. The molecule has 1 heteroatoms. The Morgan fingerprint density at radius 1 is 0.960 bits per heavy atom. The first-order chi connectivity index (χ1) is 12.2. The van der Waals surface area contributed by atoms with E-state index in [1.807, 2.05) is 0 Å². The highest BCUT2D eigenvalue weighted by atomic mass is 16.5. The third-order valence-electron chi connectivity index (χ3n) is 6.65. The zero-order valence-electron chi connectivity index (χ0n) is 16.5. The zero-order valence-corrected chi connectivity index (χ0v) is 16.5. The molecule has 0 N–H and O–H groups in total. The minimum atomic E-state index is 0.426. The van der Waals surface area contributed by atoms with Crippen LogP contribution in [0, 0.1) is 17.8 Å². The SMILES string of the molecule is CC(CCc1ccccc1OC1CCCCC1C)CC1CCCCC1. The lowest BCUT2D eigenvalue weighted by Gasteiger charge is -2.30. The van der Waals surface area contributed by atoms with Gasteiger partial charge in [-0.15, -0.1) is 0 Å². The van der Waals surface area contributed by atoms with E-state index >= 15 is 0 Å². The van der Waals surface area contributed by atoms with Crippen LogP contribution in [-0.2, 0) is 6.42 Å². The van der Waals surface area contributed by atoms with Crippen LogP contribution >= 0.6 is 0 Å². The van der Waals surface area contributed by atoms with E-state index in [0.29, 0.717) is 12.0 Å². The Morgan fingerprint density at radius 3 is 2.48 bits per heavy atom. The summed E-state index contributed by atoms with van der Waals surface area (Å²) in [5.74, 6) is 3.70. The van der Waals surface area contributed by atoms with Crippen LogP contribution in [0.25, 0.3) is 0 Å². The molecule has 1 aromatic rings. The molecule has 0 radical (unpaired) electrons. The van der Waals surface area contributed by atoms with Gasteiger partial charge in [-0.05, 0) is 67.9 Å². The van der Waals surface area contributed by atoms with Crippen molar-refractivity contribution in [3.63, 3.8) is 0 Å². The highest BCUT2D eigenvalue weighted by Crippen LogP contribution is 2.33. The fourth-order valence-corrected chi connectivity index (χ4v) is 4.96. The molecule has 3 atom stereocenters. The van der Waals surface area contributed by atoms with Crippen molar-refractivity contribution in [3.05, 3.63) is 29.8 Å². The summed E-state index contributed by atoms with van der Waals surface area (Å²) in [5.41, 5.74) is 1.43. The van der Waals surface area contributed by atoms with E-state index in [1.165, 1.54) is 82.6 Å². The van der Waals surface area contributed by atoms with Gasteiger partial charge in [0.1, 0.15) is 11.9 Å². The zero-order chi connectivity index (χ0) is 17.5. The van der Waals surface area contributed by atoms with Gasteiger partial charge in [-0.25, -0.2) is 0 Å². The van der Waals surface area contributed by atoms with E-state index in [9.17, 15) is 0 Å². The average Bonchev–Trinajstić information content (AvgIpc) is 2.64. The van der Waals surface area contributed by atoms with Crippen molar-refractivity contribution in [1.82, 2.24) is 0 Å². The molecule has 2 aliphatic rings. The van der Waals surface area contributed by atoms with E-state index < -0.39 is 0 Å². The van der Waals surface area contributed by atoms with E-state index in [1.54, 1.807) is 0 Å². The van der Waals surface area contributed by atoms with Crippen molar-refractivity contribution in [1.29, 1.82) is 0 Å². The van der Waals surface area contributed by atoms with Crippen molar-refractivity contribution in [2.24, 2.45) is 17.8 Å². The Morgan fingerprint density at radius 2 is 1.68 bits per heavy atom. The topological polar surface area (TPSA) is 9.23 Å². The Bertz CT molecular complexity index is 503. The molecule has 0 aliphatic heterocycles. The highest BCUT2D eigenvalue weighted by molar-refractivity contribution is 5.33. The van der Waals surface area contributed by atoms with Gasteiger partial charge in [0.2, 0.25) is 0 Å². The largest absolute Gasteiger partial charge is 0.490 e. The third-order valence-corrected chi connectivity index (χ3v) is 6.65. The molecule has 0 heterocycles. The molecule has 2 aliphatic carbocycles. The predicted octanol–water partition coefficient (Wildman–Crippen LogP) is 7.18. The number of rotatable bonds is 7. The van der Waals surface area contributed by atoms with Crippen LogP contribution in [0.5, 0.6) is 5.75 Å². The van der Waals surface area contributed by atoms with Crippen LogP contribution in [0.3, 0.4) is 0 Å². The first-order valence-corrected chi connectivity index (χ1v) is 11.0. The summed E-state index contributed by atoms with van der Waals surface area (Å²) < 4.78 is 6.48. The number of benzene rings is 1. The number of hydrogen-bond donors (Lipinski definition) is 0. The Balaban J connectivity index is 1.51. The molecule has 0 amide bonds. The van der Waals surface area contributed by atoms with Gasteiger partial charge in [-0.3, -0.25) is 0 Å². The third kappa shape index (κ3) is 5.76. The molecule has 140 valence electrons. The smallest absolute Gasteiger partial charge is 0.122 e. The molecule has 1 nitrogen and oxygen atoms in total. The fraction of sp³-hybridized carbons (Fsp3) is 0.750. The summed E-state index contributed by atoms with van der Waals surface area (Å²) in [7, 11) is 0. The summed E-state index contributed by atoms with van der Waals surface area (Å²) in [6.07, 6.45) is 16.9. The molecule has 0 saturated heterocycles. The van der Waals surface area contributed by atoms with E-state index in [2.05, 4.69) is 38.1 Å². The summed E-state index contributed by atoms with van der Waals surface area (Å²) in [5, 5.41) is 0. The van der Waals surface area contributed by atoms with Crippen LogP contribution in [0.1, 0.15) is 90.0 Å². The number of aryl methyl sites for hydroxylation is 1. The van der Waals surface area contributed by atoms with Crippen LogP contribution < -0.4 is 4.74 Å². The van der Waals surface area contributed by atoms with Gasteiger partial charge in [-0.2, -0.15) is 0 Å². The maximum absolute atomic E-state index is 6.48. The molecule has 2 saturated carbocycles. The van der Waals surface area contributed by atoms with Crippen molar-refractivity contribution in [3.8, 4) is 5.75 Å². The lowest BCUT2D eigenvalue weighted by Crippen LogP contribution is -2.28. The number of hydrogen-bond acceptors (Lipinski definition) is 1. The van der Waals surface area contributed by atoms with Crippen molar-refractivity contribution in [2.75, 3.05) is 0 Å². The monoisotopic (exact) mass is 342 g/mol. The normalized spacial score (nSPS) is 26.3. The minimum Gasteiger partial charge on any atom is -0.490 e. The summed E-state index contributed by atoms with van der Waals surface area (Å²) in [6.45, 7) is 4.82. The first-order valence-electron chi connectivity index (χ1n) is 11.0. The van der Waals surface area contributed by atoms with Gasteiger partial charge in [0.15, 0.2) is 0 Å². The van der Waals surface area contributed by atoms with Crippen molar-refractivity contribution in [2.45, 2.75) is 97.0 Å². The maximum atomic E-state index is 6.48. The van der Waals surface area contributed by atoms with Gasteiger partial charge < -0.3 is 4.74 Å². The second-order valence-electron chi connectivity index (χ2n) is 8.91. The van der Waals surface area contributed by atoms with Gasteiger partial charge in [0.25, 0.3) is 0 Å². The summed E-state index contributed by atoms with van der Waals surface area (Å²) in [6, 6.07) is 8.80. The molecule has 25 heavy (non-hydrogen) atoms. The van der Waals surface area contributed by atoms with Crippen molar-refractivity contribution < 1.29 is 4.74 Å². The van der Waals surface area contributed by atoms with Gasteiger partial charge in [0.05, 0.1) is 0 Å². The quantitative estimate of drug-likeness (QED) is 0.510. The Hall–Kier alpha value is -0.980. The van der Waals surface area contributed by atoms with Crippen LogP contribution in [0.2, 0.25) is 0 Å². The van der Waals surface area contributed by atoms with E-state index in [4.69, 9.17) is 4.74 Å². The maximum Gasteiger partial charge on any atom is 0.122 e. The minimum absolute atomic E-state index is 0.426. The molecule has 3 unspecified atom stereocenters. The molecule has 1 aromatic carbocycles. The van der Waals surface area contributed by atoms with Gasteiger partial charge in [-0.1, -0.05) is 70.6 Å². The van der Waals surface area contributed by atoms with Crippen molar-refractivity contribution >= 4 is 0 Å². The number of ether oxygens (including phenoxy) is 1. The van der Waals surface area contributed by atoms with E-state index in [-0.39, 0.29) is 0 Å².